The number of para-hydroxylation sites is 1. The van der Waals surface area contributed by atoms with Gasteiger partial charge in [-0.05, 0) is 40.2 Å². The highest BCUT2D eigenvalue weighted by molar-refractivity contribution is 9.10. The summed E-state index contributed by atoms with van der Waals surface area (Å²) < 4.78 is 32.7. The summed E-state index contributed by atoms with van der Waals surface area (Å²) in [4.78, 5) is 0.418. The topological polar surface area (TPSA) is 51.4 Å². The zero-order chi connectivity index (χ0) is 15.2. The van der Waals surface area contributed by atoms with E-state index in [2.05, 4.69) is 20.3 Å². The van der Waals surface area contributed by atoms with Gasteiger partial charge in [-0.3, -0.25) is 0 Å². The standard InChI is InChI=1S/C12H8BrClN2O2S3/c1-16-11-7(13)3-2-4-8(11)19-12(16)15-21(17,18)10-6-5-9(14)20-10/h2-6H,1H3. The number of nitrogens with zero attached hydrogens (tertiary/aromatic N) is 2. The summed E-state index contributed by atoms with van der Waals surface area (Å²) in [6, 6.07) is 8.76. The molecule has 21 heavy (non-hydrogen) atoms. The third-order valence-corrected chi connectivity index (χ3v) is 7.59. The molecule has 0 amide bonds. The van der Waals surface area contributed by atoms with Crippen molar-refractivity contribution in [2.75, 3.05) is 0 Å². The number of thiophene rings is 1. The van der Waals surface area contributed by atoms with Crippen molar-refractivity contribution in [2.45, 2.75) is 4.21 Å². The van der Waals surface area contributed by atoms with Crippen LogP contribution in [0.4, 0.5) is 0 Å². The Morgan fingerprint density at radius 1 is 1.24 bits per heavy atom. The van der Waals surface area contributed by atoms with Crippen LogP contribution in [0.1, 0.15) is 0 Å². The molecule has 0 fully saturated rings. The zero-order valence-electron chi connectivity index (χ0n) is 10.6. The molecule has 0 aliphatic rings. The zero-order valence-corrected chi connectivity index (χ0v) is 15.4. The molecule has 3 aromatic rings. The highest BCUT2D eigenvalue weighted by Crippen LogP contribution is 2.28. The van der Waals surface area contributed by atoms with Gasteiger partial charge in [-0.15, -0.1) is 15.7 Å². The molecular formula is C12H8BrClN2O2S3. The van der Waals surface area contributed by atoms with Crippen LogP contribution in [0.3, 0.4) is 0 Å². The molecule has 0 spiro atoms. The molecule has 9 heteroatoms. The maximum atomic E-state index is 12.3. The highest BCUT2D eigenvalue weighted by atomic mass is 79.9. The van der Waals surface area contributed by atoms with Crippen molar-refractivity contribution in [1.82, 2.24) is 4.57 Å². The normalized spacial score (nSPS) is 13.2. The van der Waals surface area contributed by atoms with Gasteiger partial charge in [0.15, 0.2) is 0 Å². The van der Waals surface area contributed by atoms with Crippen molar-refractivity contribution in [3.8, 4) is 0 Å². The van der Waals surface area contributed by atoms with Crippen molar-refractivity contribution in [3.05, 3.63) is 43.9 Å². The van der Waals surface area contributed by atoms with Crippen LogP contribution in [-0.2, 0) is 17.1 Å². The van der Waals surface area contributed by atoms with E-state index in [1.165, 1.54) is 17.4 Å². The lowest BCUT2D eigenvalue weighted by atomic mass is 10.3. The molecule has 0 saturated heterocycles. The minimum Gasteiger partial charge on any atom is -0.318 e. The van der Waals surface area contributed by atoms with Crippen LogP contribution in [-0.4, -0.2) is 13.0 Å². The lowest BCUT2D eigenvalue weighted by Gasteiger charge is -1.98. The number of aromatic nitrogens is 1. The van der Waals surface area contributed by atoms with E-state index in [4.69, 9.17) is 11.6 Å². The monoisotopic (exact) mass is 422 g/mol. The second-order valence-electron chi connectivity index (χ2n) is 4.16. The molecule has 0 aliphatic carbocycles. The number of halogens is 2. The van der Waals surface area contributed by atoms with E-state index in [0.29, 0.717) is 9.14 Å². The molecule has 3 rings (SSSR count). The van der Waals surface area contributed by atoms with Gasteiger partial charge in [0.1, 0.15) is 4.21 Å². The van der Waals surface area contributed by atoms with E-state index in [9.17, 15) is 8.42 Å². The fraction of sp³-hybridized carbons (Fsp3) is 0.0833. The number of hydrogen-bond donors (Lipinski definition) is 0. The van der Waals surface area contributed by atoms with Gasteiger partial charge < -0.3 is 4.57 Å². The quantitative estimate of drug-likeness (QED) is 0.625. The van der Waals surface area contributed by atoms with Crippen molar-refractivity contribution < 1.29 is 8.42 Å². The number of thiazole rings is 1. The molecule has 2 aromatic heterocycles. The summed E-state index contributed by atoms with van der Waals surface area (Å²) in [5.74, 6) is 0. The van der Waals surface area contributed by atoms with Gasteiger partial charge in [-0.25, -0.2) is 0 Å². The van der Waals surface area contributed by atoms with Crippen molar-refractivity contribution in [1.29, 1.82) is 0 Å². The Morgan fingerprint density at radius 2 is 2.00 bits per heavy atom. The predicted octanol–water partition coefficient (Wildman–Crippen LogP) is 4.01. The molecular weight excluding hydrogens is 416 g/mol. The van der Waals surface area contributed by atoms with Gasteiger partial charge in [-0.2, -0.15) is 8.42 Å². The molecule has 0 saturated carbocycles. The van der Waals surface area contributed by atoms with Gasteiger partial charge in [0, 0.05) is 11.5 Å². The number of rotatable bonds is 2. The number of fused-ring (bicyclic) bond motifs is 1. The summed E-state index contributed by atoms with van der Waals surface area (Å²) in [6.45, 7) is 0. The molecule has 4 nitrogen and oxygen atoms in total. The van der Waals surface area contributed by atoms with E-state index in [-0.39, 0.29) is 4.21 Å². The van der Waals surface area contributed by atoms with Crippen LogP contribution in [0.25, 0.3) is 10.2 Å². The Morgan fingerprint density at radius 3 is 2.62 bits per heavy atom. The number of benzene rings is 1. The van der Waals surface area contributed by atoms with Crippen molar-refractivity contribution in [2.24, 2.45) is 11.4 Å². The largest absolute Gasteiger partial charge is 0.318 e. The van der Waals surface area contributed by atoms with Crippen LogP contribution >= 0.6 is 50.2 Å². The SMILES string of the molecule is Cn1c(=NS(=O)(=O)c2ccc(Cl)s2)sc2cccc(Br)c21. The van der Waals surface area contributed by atoms with Gasteiger partial charge >= 0.3 is 0 Å². The first-order chi connectivity index (χ1) is 9.88. The predicted molar refractivity (Wildman–Crippen MR) is 90.6 cm³/mol. The first kappa shape index (κ1) is 15.2. The Labute approximate surface area is 142 Å². The molecule has 0 radical (unpaired) electrons. The van der Waals surface area contributed by atoms with E-state index in [1.54, 1.807) is 17.7 Å². The van der Waals surface area contributed by atoms with Crippen LogP contribution in [0.2, 0.25) is 4.34 Å². The van der Waals surface area contributed by atoms with Crippen LogP contribution in [0, 0.1) is 0 Å². The number of sulfonamides is 1. The summed E-state index contributed by atoms with van der Waals surface area (Å²) in [5.41, 5.74) is 0.917. The minimum atomic E-state index is -3.74. The summed E-state index contributed by atoms with van der Waals surface area (Å²) in [7, 11) is -1.95. The second-order valence-corrected chi connectivity index (χ2v) is 9.56. The summed E-state index contributed by atoms with van der Waals surface area (Å²) in [6.07, 6.45) is 0. The summed E-state index contributed by atoms with van der Waals surface area (Å²) in [5, 5.41) is 0. The maximum absolute atomic E-state index is 12.3. The van der Waals surface area contributed by atoms with Gasteiger partial charge in [0.05, 0.1) is 14.6 Å². The van der Waals surface area contributed by atoms with E-state index < -0.39 is 10.0 Å². The first-order valence-corrected chi connectivity index (χ1v) is 9.93. The number of hydrogen-bond acceptors (Lipinski definition) is 4. The lowest BCUT2D eigenvalue weighted by molar-refractivity contribution is 0.598. The molecule has 2 heterocycles. The Balaban J connectivity index is 2.25. The average molecular weight is 424 g/mol. The van der Waals surface area contributed by atoms with Crippen LogP contribution in [0.5, 0.6) is 0 Å². The fourth-order valence-electron chi connectivity index (χ4n) is 1.83. The van der Waals surface area contributed by atoms with E-state index >= 15 is 0 Å². The fourth-order valence-corrected chi connectivity index (χ4v) is 6.33. The molecule has 0 bridgehead atoms. The van der Waals surface area contributed by atoms with E-state index in [0.717, 1.165) is 26.0 Å². The number of aryl methyl sites for hydroxylation is 1. The minimum absolute atomic E-state index is 0.143. The van der Waals surface area contributed by atoms with Gasteiger partial charge in [0.2, 0.25) is 4.80 Å². The highest BCUT2D eigenvalue weighted by Gasteiger charge is 2.16. The third kappa shape index (κ3) is 2.83. The molecule has 0 atom stereocenters. The average Bonchev–Trinajstić information content (AvgIpc) is 2.96. The molecule has 0 aliphatic heterocycles. The van der Waals surface area contributed by atoms with Crippen LogP contribution in [0.15, 0.2) is 43.4 Å². The van der Waals surface area contributed by atoms with Gasteiger partial charge in [0.25, 0.3) is 10.0 Å². The van der Waals surface area contributed by atoms with Crippen molar-refractivity contribution >= 4 is 70.4 Å². The Bertz CT molecular complexity index is 1000. The van der Waals surface area contributed by atoms with Crippen molar-refractivity contribution in [3.63, 3.8) is 0 Å². The molecule has 0 N–H and O–H groups in total. The maximum Gasteiger partial charge on any atom is 0.294 e. The smallest absolute Gasteiger partial charge is 0.294 e. The summed E-state index contributed by atoms with van der Waals surface area (Å²) >= 11 is 11.6. The molecule has 110 valence electrons. The van der Waals surface area contributed by atoms with Crippen LogP contribution < -0.4 is 4.80 Å². The van der Waals surface area contributed by atoms with E-state index in [1.807, 2.05) is 18.2 Å². The van der Waals surface area contributed by atoms with Gasteiger partial charge in [-0.1, -0.05) is 29.0 Å². The molecule has 0 unspecified atom stereocenters. The lowest BCUT2D eigenvalue weighted by Crippen LogP contribution is -2.13. The molecule has 1 aromatic carbocycles. The Kier molecular flexibility index (Phi) is 4.00. The third-order valence-electron chi connectivity index (χ3n) is 2.77. The Hall–Kier alpha value is -0.670. The first-order valence-electron chi connectivity index (χ1n) is 5.69. The second kappa shape index (κ2) is 5.51.